The lowest BCUT2D eigenvalue weighted by molar-refractivity contribution is -0.132. The number of aliphatic hydroxyl groups is 1. The Bertz CT molecular complexity index is 1480. The van der Waals surface area contributed by atoms with Gasteiger partial charge in [0.05, 0.1) is 37.1 Å². The standard InChI is InChI=1S/C30H32N2O8S/c1-5-8-15-40-20-12-9-18(10-13-20)25(34)23-24(19-11-14-21(33)22(16-19)38-6-2)32(28(36)26(23)35)30-31-17(4)27(41-30)29(37)39-7-3/h9-14,16,24,33-34H,5-8,15H2,1-4H3/t24-/m0/s1. The predicted octanol–water partition coefficient (Wildman–Crippen LogP) is 5.54. The van der Waals surface area contributed by atoms with Crippen LogP contribution in [-0.2, 0) is 14.3 Å². The molecule has 2 N–H and O–H groups in total. The highest BCUT2D eigenvalue weighted by molar-refractivity contribution is 7.17. The maximum Gasteiger partial charge on any atom is 0.350 e. The third kappa shape index (κ3) is 6.04. The normalized spacial score (nSPS) is 16.2. The molecule has 0 spiro atoms. The van der Waals surface area contributed by atoms with E-state index in [1.807, 2.05) is 0 Å². The molecule has 1 amide bonds. The number of phenols is 1. The molecule has 0 unspecified atom stereocenters. The zero-order valence-corrected chi connectivity index (χ0v) is 24.1. The minimum atomic E-state index is -1.13. The molecule has 2 aromatic carbocycles. The molecule has 0 bridgehead atoms. The zero-order chi connectivity index (χ0) is 29.7. The van der Waals surface area contributed by atoms with Gasteiger partial charge in [0.2, 0.25) is 0 Å². The number of phenolic OH excluding ortho intramolecular Hbond substituents is 1. The predicted molar refractivity (Wildman–Crippen MR) is 154 cm³/mol. The van der Waals surface area contributed by atoms with Crippen molar-refractivity contribution in [2.75, 3.05) is 24.7 Å². The second-order valence-corrected chi connectivity index (χ2v) is 10.2. The van der Waals surface area contributed by atoms with Crippen LogP contribution in [0.4, 0.5) is 5.13 Å². The van der Waals surface area contributed by atoms with E-state index in [-0.39, 0.29) is 46.1 Å². The molecule has 1 saturated heterocycles. The van der Waals surface area contributed by atoms with Crippen LogP contribution in [0.15, 0.2) is 48.0 Å². The average molecular weight is 581 g/mol. The van der Waals surface area contributed by atoms with E-state index < -0.39 is 23.7 Å². The van der Waals surface area contributed by atoms with Crippen LogP contribution in [0.2, 0.25) is 0 Å². The van der Waals surface area contributed by atoms with E-state index in [1.54, 1.807) is 45.0 Å². The van der Waals surface area contributed by atoms with Crippen LogP contribution >= 0.6 is 11.3 Å². The molecule has 1 fully saturated rings. The number of hydrogen-bond donors (Lipinski definition) is 2. The zero-order valence-electron chi connectivity index (χ0n) is 23.3. The number of thiazole rings is 1. The summed E-state index contributed by atoms with van der Waals surface area (Å²) in [6.07, 6.45) is 1.89. The Morgan fingerprint density at radius 2 is 1.78 bits per heavy atom. The number of esters is 1. The second kappa shape index (κ2) is 12.9. The van der Waals surface area contributed by atoms with Gasteiger partial charge in [-0.25, -0.2) is 9.78 Å². The lowest BCUT2D eigenvalue weighted by atomic mass is 9.95. The Hall–Kier alpha value is -4.38. The third-order valence-corrected chi connectivity index (χ3v) is 7.53. The van der Waals surface area contributed by atoms with Crippen molar-refractivity contribution in [1.82, 2.24) is 4.98 Å². The Labute approximate surface area is 241 Å². The summed E-state index contributed by atoms with van der Waals surface area (Å²) in [4.78, 5) is 45.3. The highest BCUT2D eigenvalue weighted by Gasteiger charge is 2.48. The Kier molecular flexibility index (Phi) is 9.28. The van der Waals surface area contributed by atoms with Crippen molar-refractivity contribution in [2.24, 2.45) is 0 Å². The molecule has 1 atom stereocenters. The number of aromatic hydroxyl groups is 1. The molecule has 1 aliphatic heterocycles. The first-order valence-electron chi connectivity index (χ1n) is 13.4. The van der Waals surface area contributed by atoms with Crippen LogP contribution in [-0.4, -0.2) is 52.7 Å². The van der Waals surface area contributed by atoms with Crippen LogP contribution in [0.25, 0.3) is 5.76 Å². The van der Waals surface area contributed by atoms with E-state index in [0.29, 0.717) is 29.2 Å². The van der Waals surface area contributed by atoms with Crippen molar-refractivity contribution in [1.29, 1.82) is 0 Å². The largest absolute Gasteiger partial charge is 0.507 e. The average Bonchev–Trinajstić information content (AvgIpc) is 3.46. The van der Waals surface area contributed by atoms with Gasteiger partial charge >= 0.3 is 11.9 Å². The minimum absolute atomic E-state index is 0.0856. The number of Topliss-reactive ketones (excluding diaryl/α,β-unsaturated/α-hetero) is 1. The smallest absolute Gasteiger partial charge is 0.350 e. The summed E-state index contributed by atoms with van der Waals surface area (Å²) < 4.78 is 16.4. The number of unbranched alkanes of at least 4 members (excludes halogenated alkanes) is 1. The van der Waals surface area contributed by atoms with Crippen molar-refractivity contribution in [3.8, 4) is 17.2 Å². The van der Waals surface area contributed by atoms with Gasteiger partial charge in [-0.05, 0) is 69.2 Å². The summed E-state index contributed by atoms with van der Waals surface area (Å²) in [5.74, 6) is -2.20. The molecule has 0 saturated carbocycles. The van der Waals surface area contributed by atoms with Crippen LogP contribution in [0.3, 0.4) is 0 Å². The monoisotopic (exact) mass is 580 g/mol. The molecule has 1 aromatic heterocycles. The number of amides is 1. The molecule has 0 aliphatic carbocycles. The van der Waals surface area contributed by atoms with Crippen LogP contribution < -0.4 is 14.4 Å². The van der Waals surface area contributed by atoms with E-state index in [0.717, 1.165) is 29.1 Å². The van der Waals surface area contributed by atoms with Gasteiger partial charge < -0.3 is 24.4 Å². The topological polar surface area (TPSA) is 135 Å². The first-order valence-corrected chi connectivity index (χ1v) is 14.2. The van der Waals surface area contributed by atoms with E-state index in [2.05, 4.69) is 11.9 Å². The van der Waals surface area contributed by atoms with Gasteiger partial charge in [0.25, 0.3) is 5.78 Å². The maximum absolute atomic E-state index is 13.5. The molecule has 1 aliphatic rings. The first kappa shape index (κ1) is 29.6. The fourth-order valence-corrected chi connectivity index (χ4v) is 5.37. The third-order valence-electron chi connectivity index (χ3n) is 6.39. The van der Waals surface area contributed by atoms with Gasteiger partial charge in [0.15, 0.2) is 16.6 Å². The minimum Gasteiger partial charge on any atom is -0.507 e. The number of carbonyl (C=O) groups is 3. The van der Waals surface area contributed by atoms with Gasteiger partial charge in [-0.15, -0.1) is 0 Å². The van der Waals surface area contributed by atoms with Crippen LogP contribution in [0, 0.1) is 6.92 Å². The van der Waals surface area contributed by atoms with Crippen molar-refractivity contribution >= 4 is 39.9 Å². The molecule has 11 heteroatoms. The highest BCUT2D eigenvalue weighted by atomic mass is 32.1. The number of aliphatic hydroxyl groups excluding tert-OH is 1. The molecule has 10 nitrogen and oxygen atoms in total. The molecule has 3 aromatic rings. The van der Waals surface area contributed by atoms with Gasteiger partial charge in [0.1, 0.15) is 16.4 Å². The number of aryl methyl sites for hydroxylation is 1. The number of nitrogens with zero attached hydrogens (tertiary/aromatic N) is 2. The number of ketones is 1. The quantitative estimate of drug-likeness (QED) is 0.0985. The number of anilines is 1. The second-order valence-electron chi connectivity index (χ2n) is 9.19. The SMILES string of the molecule is CCCCOc1ccc(C(O)=C2C(=O)C(=O)N(c3nc(C)c(C(=O)OCC)s3)[C@H]2c2ccc(O)c(OCC)c2)cc1. The molecule has 216 valence electrons. The summed E-state index contributed by atoms with van der Waals surface area (Å²) in [7, 11) is 0. The Morgan fingerprint density at radius 3 is 2.44 bits per heavy atom. The summed E-state index contributed by atoms with van der Waals surface area (Å²) in [5, 5.41) is 21.8. The Balaban J connectivity index is 1.85. The van der Waals surface area contributed by atoms with Crippen molar-refractivity contribution in [3.05, 3.63) is 69.7 Å². The molecule has 4 rings (SSSR count). The molecule has 2 heterocycles. The first-order chi connectivity index (χ1) is 19.7. The fraction of sp³-hybridized carbons (Fsp3) is 0.333. The number of carbonyl (C=O) groups excluding carboxylic acids is 3. The fourth-order valence-electron chi connectivity index (χ4n) is 4.39. The van der Waals surface area contributed by atoms with E-state index >= 15 is 0 Å². The number of benzene rings is 2. The van der Waals surface area contributed by atoms with Crippen LogP contribution in [0.1, 0.15) is 66.1 Å². The van der Waals surface area contributed by atoms with Gasteiger partial charge in [0, 0.05) is 5.56 Å². The molecular weight excluding hydrogens is 548 g/mol. The number of aromatic nitrogens is 1. The number of hydrogen-bond acceptors (Lipinski definition) is 10. The summed E-state index contributed by atoms with van der Waals surface area (Å²) in [5.41, 5.74) is 0.857. The summed E-state index contributed by atoms with van der Waals surface area (Å²) >= 11 is 0.913. The number of rotatable bonds is 11. The van der Waals surface area contributed by atoms with E-state index in [4.69, 9.17) is 14.2 Å². The van der Waals surface area contributed by atoms with Crippen molar-refractivity contribution in [2.45, 2.75) is 46.6 Å². The van der Waals surface area contributed by atoms with Gasteiger partial charge in [-0.2, -0.15) is 0 Å². The molecule has 0 radical (unpaired) electrons. The van der Waals surface area contributed by atoms with Gasteiger partial charge in [-0.1, -0.05) is 30.7 Å². The summed E-state index contributed by atoms with van der Waals surface area (Å²) in [6.45, 7) is 8.07. The van der Waals surface area contributed by atoms with E-state index in [9.17, 15) is 24.6 Å². The van der Waals surface area contributed by atoms with Crippen LogP contribution in [0.5, 0.6) is 17.2 Å². The van der Waals surface area contributed by atoms with Crippen molar-refractivity contribution in [3.63, 3.8) is 0 Å². The van der Waals surface area contributed by atoms with Gasteiger partial charge in [-0.3, -0.25) is 14.5 Å². The highest BCUT2D eigenvalue weighted by Crippen LogP contribution is 2.45. The van der Waals surface area contributed by atoms with Crippen molar-refractivity contribution < 1.29 is 38.8 Å². The van der Waals surface area contributed by atoms with E-state index in [1.165, 1.54) is 18.2 Å². The molecular formula is C30H32N2O8S. The maximum atomic E-state index is 13.5. The number of ether oxygens (including phenoxy) is 3. The Morgan fingerprint density at radius 1 is 1.05 bits per heavy atom. The lowest BCUT2D eigenvalue weighted by Gasteiger charge is -2.23. The summed E-state index contributed by atoms with van der Waals surface area (Å²) in [6, 6.07) is 9.87. The molecule has 41 heavy (non-hydrogen) atoms. The lowest BCUT2D eigenvalue weighted by Crippen LogP contribution is -2.29.